The van der Waals surface area contributed by atoms with Crippen molar-refractivity contribution in [3.8, 4) is 0 Å². The minimum Gasteiger partial charge on any atom is -0.312 e. The predicted molar refractivity (Wildman–Crippen MR) is 90.2 cm³/mol. The highest BCUT2D eigenvalue weighted by Crippen LogP contribution is 2.33. The monoisotopic (exact) mass is 282 g/mol. The summed E-state index contributed by atoms with van der Waals surface area (Å²) in [5.74, 6) is 0.901. The molecule has 0 aromatic carbocycles. The average molecular weight is 283 g/mol. The second-order valence-corrected chi connectivity index (χ2v) is 8.74. The molecule has 1 rings (SSSR count). The first-order valence-corrected chi connectivity index (χ1v) is 8.66. The van der Waals surface area contributed by atoms with Gasteiger partial charge < -0.3 is 10.2 Å². The van der Waals surface area contributed by atoms with Crippen LogP contribution in [0.5, 0.6) is 0 Å². The van der Waals surface area contributed by atoms with Crippen molar-refractivity contribution < 1.29 is 0 Å². The van der Waals surface area contributed by atoms with Gasteiger partial charge in [-0.15, -0.1) is 0 Å². The Balaban J connectivity index is 1.98. The van der Waals surface area contributed by atoms with Crippen molar-refractivity contribution in [2.24, 2.45) is 11.3 Å². The van der Waals surface area contributed by atoms with E-state index in [9.17, 15) is 0 Å². The van der Waals surface area contributed by atoms with Gasteiger partial charge in [-0.05, 0) is 71.0 Å². The highest BCUT2D eigenvalue weighted by Gasteiger charge is 2.31. The number of hydrogen-bond acceptors (Lipinski definition) is 2. The first-order valence-electron chi connectivity index (χ1n) is 8.66. The van der Waals surface area contributed by atoms with Gasteiger partial charge in [0.2, 0.25) is 0 Å². The van der Waals surface area contributed by atoms with Gasteiger partial charge >= 0.3 is 0 Å². The van der Waals surface area contributed by atoms with Gasteiger partial charge in [-0.25, -0.2) is 0 Å². The number of unbranched alkanes of at least 4 members (excludes halogenated alkanes) is 3. The molecule has 2 nitrogen and oxygen atoms in total. The van der Waals surface area contributed by atoms with Crippen molar-refractivity contribution in [1.29, 1.82) is 0 Å². The topological polar surface area (TPSA) is 15.3 Å². The SMILES string of the molecule is CC(C)(C)NCCCCCCN1CCC(C(C)(C)C)C1. The van der Waals surface area contributed by atoms with Crippen LogP contribution in [0.15, 0.2) is 0 Å². The molecule has 1 unspecified atom stereocenters. The maximum atomic E-state index is 3.57. The van der Waals surface area contributed by atoms with Gasteiger partial charge in [0.1, 0.15) is 0 Å². The molecular formula is C18H38N2. The third kappa shape index (κ3) is 7.64. The summed E-state index contributed by atoms with van der Waals surface area (Å²) in [4.78, 5) is 2.68. The standard InChI is InChI=1S/C18H38N2/c1-17(2,3)16-11-14-20(15-16)13-10-8-7-9-12-19-18(4,5)6/h16,19H,7-15H2,1-6H3. The molecule has 2 heteroatoms. The highest BCUT2D eigenvalue weighted by molar-refractivity contribution is 4.83. The molecule has 1 aliphatic heterocycles. The molecule has 0 saturated carbocycles. The zero-order valence-electron chi connectivity index (χ0n) is 14.9. The molecule has 1 N–H and O–H groups in total. The van der Waals surface area contributed by atoms with E-state index >= 15 is 0 Å². The molecule has 0 aromatic rings. The van der Waals surface area contributed by atoms with Crippen LogP contribution < -0.4 is 5.32 Å². The molecule has 0 amide bonds. The minimum absolute atomic E-state index is 0.275. The summed E-state index contributed by atoms with van der Waals surface area (Å²) in [6, 6.07) is 0. The van der Waals surface area contributed by atoms with E-state index < -0.39 is 0 Å². The molecular weight excluding hydrogens is 244 g/mol. The van der Waals surface area contributed by atoms with Crippen LogP contribution in [-0.4, -0.2) is 36.6 Å². The van der Waals surface area contributed by atoms with Crippen molar-refractivity contribution in [3.63, 3.8) is 0 Å². The van der Waals surface area contributed by atoms with E-state index in [0.29, 0.717) is 5.41 Å². The van der Waals surface area contributed by atoms with E-state index in [4.69, 9.17) is 0 Å². The fourth-order valence-corrected chi connectivity index (χ4v) is 3.02. The van der Waals surface area contributed by atoms with Crippen LogP contribution >= 0.6 is 0 Å². The van der Waals surface area contributed by atoms with Crippen molar-refractivity contribution in [2.75, 3.05) is 26.2 Å². The molecule has 0 aliphatic carbocycles. The van der Waals surface area contributed by atoms with Gasteiger partial charge in [-0.1, -0.05) is 33.6 Å². The predicted octanol–water partition coefficient (Wildman–Crippen LogP) is 4.30. The minimum atomic E-state index is 0.275. The molecule has 0 bridgehead atoms. The number of hydrogen-bond donors (Lipinski definition) is 1. The fourth-order valence-electron chi connectivity index (χ4n) is 3.02. The number of nitrogens with zero attached hydrogens (tertiary/aromatic N) is 1. The summed E-state index contributed by atoms with van der Waals surface area (Å²) in [6.07, 6.45) is 6.87. The van der Waals surface area contributed by atoms with Gasteiger partial charge in [0.05, 0.1) is 0 Å². The third-order valence-electron chi connectivity index (χ3n) is 4.55. The van der Waals surface area contributed by atoms with Crippen molar-refractivity contribution in [3.05, 3.63) is 0 Å². The molecule has 0 radical (unpaired) electrons. The molecule has 1 saturated heterocycles. The summed E-state index contributed by atoms with van der Waals surface area (Å²) in [6.45, 7) is 19.0. The van der Waals surface area contributed by atoms with Crippen molar-refractivity contribution in [2.45, 2.75) is 79.2 Å². The lowest BCUT2D eigenvalue weighted by atomic mass is 9.80. The van der Waals surface area contributed by atoms with Gasteiger partial charge in [-0.3, -0.25) is 0 Å². The summed E-state index contributed by atoms with van der Waals surface area (Å²) in [5.41, 5.74) is 0.769. The first-order chi connectivity index (χ1) is 9.18. The largest absolute Gasteiger partial charge is 0.312 e. The summed E-state index contributed by atoms with van der Waals surface area (Å²) >= 11 is 0. The summed E-state index contributed by atoms with van der Waals surface area (Å²) in [5, 5.41) is 3.57. The molecule has 0 aromatic heterocycles. The average Bonchev–Trinajstić information content (AvgIpc) is 2.74. The molecule has 1 aliphatic rings. The highest BCUT2D eigenvalue weighted by atomic mass is 15.1. The van der Waals surface area contributed by atoms with Crippen molar-refractivity contribution >= 4 is 0 Å². The number of rotatable bonds is 7. The van der Waals surface area contributed by atoms with Gasteiger partial charge in [0.25, 0.3) is 0 Å². The Morgan fingerprint density at radius 3 is 2.15 bits per heavy atom. The Labute approximate surface area is 127 Å². The van der Waals surface area contributed by atoms with E-state index in [1.165, 1.54) is 58.3 Å². The van der Waals surface area contributed by atoms with Crippen LogP contribution in [0.4, 0.5) is 0 Å². The van der Waals surface area contributed by atoms with Crippen LogP contribution in [0.3, 0.4) is 0 Å². The lowest BCUT2D eigenvalue weighted by molar-refractivity contribution is 0.227. The maximum absolute atomic E-state index is 3.57. The maximum Gasteiger partial charge on any atom is 0.00965 e. The quantitative estimate of drug-likeness (QED) is 0.700. The van der Waals surface area contributed by atoms with E-state index in [1.54, 1.807) is 0 Å². The second-order valence-electron chi connectivity index (χ2n) is 8.74. The number of likely N-dealkylation sites (tertiary alicyclic amines) is 1. The number of nitrogens with one attached hydrogen (secondary N) is 1. The molecule has 0 spiro atoms. The van der Waals surface area contributed by atoms with Crippen LogP contribution in [0.1, 0.15) is 73.6 Å². The zero-order valence-corrected chi connectivity index (χ0v) is 14.9. The summed E-state index contributed by atoms with van der Waals surface area (Å²) in [7, 11) is 0. The Kier molecular flexibility index (Phi) is 7.00. The lowest BCUT2D eigenvalue weighted by Crippen LogP contribution is -2.36. The molecule has 1 fully saturated rings. The van der Waals surface area contributed by atoms with E-state index in [2.05, 4.69) is 51.8 Å². The normalized spacial score (nSPS) is 21.6. The van der Waals surface area contributed by atoms with Gasteiger partial charge in [0.15, 0.2) is 0 Å². The zero-order chi connectivity index (χ0) is 15.2. The van der Waals surface area contributed by atoms with E-state index in [0.717, 1.165) is 5.92 Å². The third-order valence-corrected chi connectivity index (χ3v) is 4.55. The van der Waals surface area contributed by atoms with Crippen LogP contribution in [0.2, 0.25) is 0 Å². The van der Waals surface area contributed by atoms with Gasteiger partial charge in [0, 0.05) is 12.1 Å². The Morgan fingerprint density at radius 2 is 1.60 bits per heavy atom. The Morgan fingerprint density at radius 1 is 0.950 bits per heavy atom. The van der Waals surface area contributed by atoms with Crippen LogP contribution in [0.25, 0.3) is 0 Å². The van der Waals surface area contributed by atoms with E-state index in [-0.39, 0.29) is 5.54 Å². The van der Waals surface area contributed by atoms with Gasteiger partial charge in [-0.2, -0.15) is 0 Å². The molecule has 120 valence electrons. The van der Waals surface area contributed by atoms with E-state index in [1.807, 2.05) is 0 Å². The Bertz CT molecular complexity index is 260. The van der Waals surface area contributed by atoms with Crippen molar-refractivity contribution in [1.82, 2.24) is 10.2 Å². The summed E-state index contributed by atoms with van der Waals surface area (Å²) < 4.78 is 0. The smallest absolute Gasteiger partial charge is 0.00965 e. The first kappa shape index (κ1) is 18.0. The van der Waals surface area contributed by atoms with Crippen LogP contribution in [0, 0.1) is 11.3 Å². The molecule has 20 heavy (non-hydrogen) atoms. The second kappa shape index (κ2) is 7.79. The molecule has 1 heterocycles. The Hall–Kier alpha value is -0.0800. The fraction of sp³-hybridized carbons (Fsp3) is 1.00. The molecule has 1 atom stereocenters. The van der Waals surface area contributed by atoms with Crippen LogP contribution in [-0.2, 0) is 0 Å². The lowest BCUT2D eigenvalue weighted by Gasteiger charge is -2.27.